The van der Waals surface area contributed by atoms with Crippen molar-refractivity contribution in [1.82, 2.24) is 4.90 Å². The lowest BCUT2D eigenvalue weighted by Gasteiger charge is -2.26. The monoisotopic (exact) mass is 261 g/mol. The molecule has 0 saturated carbocycles. The minimum Gasteiger partial charge on any atom is -0.368 e. The van der Waals surface area contributed by atoms with Gasteiger partial charge >= 0.3 is 11.8 Å². The van der Waals surface area contributed by atoms with Gasteiger partial charge in [-0.1, -0.05) is 25.1 Å². The van der Waals surface area contributed by atoms with Crippen molar-refractivity contribution in [2.75, 3.05) is 5.32 Å². The Morgan fingerprint density at radius 2 is 2.11 bits per heavy atom. The second-order valence-electron chi connectivity index (χ2n) is 4.37. The van der Waals surface area contributed by atoms with Crippen molar-refractivity contribution >= 4 is 23.4 Å². The smallest absolute Gasteiger partial charge is 0.313 e. The molecular formula is C13H15N3O3. The Labute approximate surface area is 110 Å². The molecule has 1 heterocycles. The number of nitrogens with one attached hydrogen (secondary N) is 1. The fourth-order valence-corrected chi connectivity index (χ4v) is 2.17. The molecule has 1 aliphatic heterocycles. The molecule has 3 amide bonds. The molecule has 100 valence electrons. The van der Waals surface area contributed by atoms with E-state index < -0.39 is 23.8 Å². The van der Waals surface area contributed by atoms with Gasteiger partial charge < -0.3 is 16.0 Å². The highest BCUT2D eigenvalue weighted by atomic mass is 16.2. The van der Waals surface area contributed by atoms with E-state index in [1.165, 1.54) is 4.90 Å². The van der Waals surface area contributed by atoms with Crippen LogP contribution in [-0.2, 0) is 20.9 Å². The molecule has 0 aromatic heterocycles. The van der Waals surface area contributed by atoms with Crippen LogP contribution < -0.4 is 11.1 Å². The Morgan fingerprint density at radius 3 is 2.74 bits per heavy atom. The molecule has 0 radical (unpaired) electrons. The first kappa shape index (κ1) is 13.1. The Hall–Kier alpha value is -2.37. The van der Waals surface area contributed by atoms with Gasteiger partial charge in [-0.05, 0) is 18.1 Å². The summed E-state index contributed by atoms with van der Waals surface area (Å²) >= 11 is 0. The number of primary amides is 1. The van der Waals surface area contributed by atoms with Crippen molar-refractivity contribution in [1.29, 1.82) is 0 Å². The number of fused-ring (bicyclic) bond motifs is 1. The maximum absolute atomic E-state index is 12.0. The first-order valence-corrected chi connectivity index (χ1v) is 6.03. The molecular weight excluding hydrogens is 246 g/mol. The van der Waals surface area contributed by atoms with Gasteiger partial charge in [-0.3, -0.25) is 14.4 Å². The molecule has 6 heteroatoms. The van der Waals surface area contributed by atoms with E-state index in [1.807, 2.05) is 6.07 Å². The number of para-hydroxylation sites is 1. The van der Waals surface area contributed by atoms with Crippen molar-refractivity contribution in [2.45, 2.75) is 25.9 Å². The molecule has 19 heavy (non-hydrogen) atoms. The zero-order valence-corrected chi connectivity index (χ0v) is 10.6. The van der Waals surface area contributed by atoms with Crippen molar-refractivity contribution in [3.8, 4) is 0 Å². The van der Waals surface area contributed by atoms with Gasteiger partial charge in [0.2, 0.25) is 5.91 Å². The summed E-state index contributed by atoms with van der Waals surface area (Å²) in [4.78, 5) is 36.4. The van der Waals surface area contributed by atoms with Gasteiger partial charge in [-0.25, -0.2) is 0 Å². The molecule has 0 bridgehead atoms. The molecule has 2 rings (SSSR count). The molecule has 3 N–H and O–H groups in total. The number of nitrogens with two attached hydrogens (primary N) is 1. The standard InChI is InChI=1S/C13H15N3O3/c1-2-10(11(14)17)16-7-8-5-3-4-6-9(8)15-12(18)13(16)19/h3-6,10H,2,7H2,1H3,(H2,14,17)(H,15,18)/t10-/m0/s1. The third-order valence-electron chi connectivity index (χ3n) is 3.15. The van der Waals surface area contributed by atoms with Gasteiger partial charge in [0.1, 0.15) is 6.04 Å². The number of hydrogen-bond acceptors (Lipinski definition) is 3. The van der Waals surface area contributed by atoms with Crippen LogP contribution in [0.3, 0.4) is 0 Å². The van der Waals surface area contributed by atoms with Gasteiger partial charge in [-0.15, -0.1) is 0 Å². The molecule has 0 spiro atoms. The number of carbonyl (C=O) groups is 3. The van der Waals surface area contributed by atoms with Crippen LogP contribution in [-0.4, -0.2) is 28.7 Å². The van der Waals surface area contributed by atoms with E-state index in [1.54, 1.807) is 25.1 Å². The van der Waals surface area contributed by atoms with E-state index in [0.717, 1.165) is 5.56 Å². The molecule has 1 aliphatic rings. The zero-order valence-electron chi connectivity index (χ0n) is 10.6. The lowest BCUT2D eigenvalue weighted by molar-refractivity contribution is -0.147. The van der Waals surface area contributed by atoms with Gasteiger partial charge in [0, 0.05) is 12.2 Å². The summed E-state index contributed by atoms with van der Waals surface area (Å²) in [7, 11) is 0. The number of anilines is 1. The summed E-state index contributed by atoms with van der Waals surface area (Å²) in [5.41, 5.74) is 6.66. The Kier molecular flexibility index (Phi) is 3.50. The van der Waals surface area contributed by atoms with Gasteiger partial charge in [0.05, 0.1) is 0 Å². The summed E-state index contributed by atoms with van der Waals surface area (Å²) in [6.07, 6.45) is 0.372. The van der Waals surface area contributed by atoms with Crippen LogP contribution in [0.2, 0.25) is 0 Å². The van der Waals surface area contributed by atoms with E-state index in [-0.39, 0.29) is 6.54 Å². The Balaban J connectivity index is 2.42. The highest BCUT2D eigenvalue weighted by Crippen LogP contribution is 2.22. The Bertz CT molecular complexity index is 542. The average Bonchev–Trinajstić information content (AvgIpc) is 2.49. The topological polar surface area (TPSA) is 92.5 Å². The highest BCUT2D eigenvalue weighted by Gasteiger charge is 2.33. The second kappa shape index (κ2) is 5.09. The van der Waals surface area contributed by atoms with E-state index in [9.17, 15) is 14.4 Å². The molecule has 1 aromatic carbocycles. The van der Waals surface area contributed by atoms with Crippen molar-refractivity contribution < 1.29 is 14.4 Å². The SMILES string of the molecule is CC[C@@H](C(N)=O)N1Cc2ccccc2NC(=O)C1=O. The van der Waals surface area contributed by atoms with Crippen LogP contribution in [0.25, 0.3) is 0 Å². The highest BCUT2D eigenvalue weighted by molar-refractivity contribution is 6.40. The quantitative estimate of drug-likeness (QED) is 0.763. The molecule has 1 atom stereocenters. The third kappa shape index (κ3) is 2.42. The lowest BCUT2D eigenvalue weighted by atomic mass is 10.1. The summed E-state index contributed by atoms with van der Waals surface area (Å²) in [5.74, 6) is -2.09. The molecule has 0 aliphatic carbocycles. The van der Waals surface area contributed by atoms with Crippen LogP contribution in [0, 0.1) is 0 Å². The average molecular weight is 261 g/mol. The maximum Gasteiger partial charge on any atom is 0.313 e. The Morgan fingerprint density at radius 1 is 1.42 bits per heavy atom. The van der Waals surface area contributed by atoms with Gasteiger partial charge in [-0.2, -0.15) is 0 Å². The fourth-order valence-electron chi connectivity index (χ4n) is 2.17. The molecule has 0 saturated heterocycles. The number of nitrogens with zero attached hydrogens (tertiary/aromatic N) is 1. The lowest BCUT2D eigenvalue weighted by Crippen LogP contribution is -2.49. The molecule has 1 aromatic rings. The summed E-state index contributed by atoms with van der Waals surface area (Å²) in [6.45, 7) is 1.94. The summed E-state index contributed by atoms with van der Waals surface area (Å²) in [6, 6.07) is 6.32. The van der Waals surface area contributed by atoms with Crippen LogP contribution >= 0.6 is 0 Å². The number of amides is 3. The van der Waals surface area contributed by atoms with Crippen LogP contribution in [0.15, 0.2) is 24.3 Å². The van der Waals surface area contributed by atoms with E-state index in [4.69, 9.17) is 5.73 Å². The molecule has 0 unspecified atom stereocenters. The second-order valence-corrected chi connectivity index (χ2v) is 4.37. The fraction of sp³-hybridized carbons (Fsp3) is 0.308. The maximum atomic E-state index is 12.0. The van der Waals surface area contributed by atoms with Crippen molar-refractivity contribution in [3.63, 3.8) is 0 Å². The zero-order chi connectivity index (χ0) is 14.0. The van der Waals surface area contributed by atoms with Crippen LogP contribution in [0.5, 0.6) is 0 Å². The van der Waals surface area contributed by atoms with E-state index in [2.05, 4.69) is 5.32 Å². The largest absolute Gasteiger partial charge is 0.368 e. The van der Waals surface area contributed by atoms with Gasteiger partial charge in [0.25, 0.3) is 0 Å². The van der Waals surface area contributed by atoms with E-state index in [0.29, 0.717) is 12.1 Å². The third-order valence-corrected chi connectivity index (χ3v) is 3.15. The number of hydrogen-bond donors (Lipinski definition) is 2. The first-order valence-electron chi connectivity index (χ1n) is 6.03. The normalized spacial score (nSPS) is 16.4. The van der Waals surface area contributed by atoms with E-state index >= 15 is 0 Å². The summed E-state index contributed by atoms with van der Waals surface area (Å²) in [5, 5.41) is 2.54. The predicted molar refractivity (Wildman–Crippen MR) is 68.9 cm³/mol. The van der Waals surface area contributed by atoms with Crippen molar-refractivity contribution in [3.05, 3.63) is 29.8 Å². The van der Waals surface area contributed by atoms with Crippen molar-refractivity contribution in [2.24, 2.45) is 5.73 Å². The molecule has 6 nitrogen and oxygen atoms in total. The minimum atomic E-state index is -0.774. The minimum absolute atomic E-state index is 0.190. The van der Waals surface area contributed by atoms with Gasteiger partial charge in [0.15, 0.2) is 0 Å². The number of benzene rings is 1. The molecule has 0 fully saturated rings. The first-order chi connectivity index (χ1) is 9.04. The predicted octanol–water partition coefficient (Wildman–Crippen LogP) is 0.231. The number of rotatable bonds is 3. The van der Waals surface area contributed by atoms with Crippen LogP contribution in [0.1, 0.15) is 18.9 Å². The summed E-state index contributed by atoms with van der Waals surface area (Å²) < 4.78 is 0. The van der Waals surface area contributed by atoms with Crippen LogP contribution in [0.4, 0.5) is 5.69 Å². The number of carbonyl (C=O) groups excluding carboxylic acids is 3.